The molecule has 9 heteroatoms. The van der Waals surface area contributed by atoms with Gasteiger partial charge in [0.05, 0.1) is 12.6 Å². The van der Waals surface area contributed by atoms with E-state index in [0.29, 0.717) is 19.0 Å². The van der Waals surface area contributed by atoms with Gasteiger partial charge in [0.25, 0.3) is 0 Å². The minimum Gasteiger partial charge on any atom is -0.490 e. The zero-order valence-electron chi connectivity index (χ0n) is 16.7. The molecule has 0 bridgehead atoms. The lowest BCUT2D eigenvalue weighted by atomic mass is 10.1. The van der Waals surface area contributed by atoms with Crippen molar-refractivity contribution in [2.24, 2.45) is 10.1 Å². The van der Waals surface area contributed by atoms with E-state index in [4.69, 9.17) is 9.88 Å². The van der Waals surface area contributed by atoms with Crippen LogP contribution in [0.3, 0.4) is 0 Å². The Bertz CT molecular complexity index is 923. The van der Waals surface area contributed by atoms with Gasteiger partial charge in [-0.15, -0.1) is 11.3 Å². The maximum atomic E-state index is 11.4. The van der Waals surface area contributed by atoms with Crippen LogP contribution in [0.5, 0.6) is 5.75 Å². The first-order chi connectivity index (χ1) is 13.2. The molecule has 0 fully saturated rings. The molecule has 154 valence electrons. The Morgan fingerprint density at radius 3 is 2.57 bits per heavy atom. The van der Waals surface area contributed by atoms with Crippen molar-refractivity contribution >= 4 is 27.3 Å². The summed E-state index contributed by atoms with van der Waals surface area (Å²) in [5, 5.41) is 11.6. The molecule has 0 aliphatic rings. The SMILES string of the molecule is CCC(C)Oc1cc(C)ccc1CNC(=NC)NCc1ccc(S(N)(=O)=O)s1. The number of primary sulfonamides is 1. The summed E-state index contributed by atoms with van der Waals surface area (Å²) in [4.78, 5) is 5.06. The number of hydrogen-bond donors (Lipinski definition) is 3. The van der Waals surface area contributed by atoms with Gasteiger partial charge in [0.2, 0.25) is 10.0 Å². The molecule has 0 amide bonds. The quantitative estimate of drug-likeness (QED) is 0.446. The van der Waals surface area contributed by atoms with E-state index >= 15 is 0 Å². The van der Waals surface area contributed by atoms with Crippen molar-refractivity contribution in [3.8, 4) is 5.75 Å². The van der Waals surface area contributed by atoms with E-state index in [0.717, 1.165) is 39.5 Å². The van der Waals surface area contributed by atoms with Crippen LogP contribution < -0.4 is 20.5 Å². The van der Waals surface area contributed by atoms with Crippen molar-refractivity contribution in [1.82, 2.24) is 10.6 Å². The highest BCUT2D eigenvalue weighted by Crippen LogP contribution is 2.22. The van der Waals surface area contributed by atoms with Gasteiger partial charge in [-0.05, 0) is 44.0 Å². The minimum absolute atomic E-state index is 0.143. The van der Waals surface area contributed by atoms with Crippen molar-refractivity contribution in [2.75, 3.05) is 7.05 Å². The molecule has 1 heterocycles. The van der Waals surface area contributed by atoms with Gasteiger partial charge in [0.1, 0.15) is 9.96 Å². The first-order valence-corrected chi connectivity index (χ1v) is 11.4. The van der Waals surface area contributed by atoms with E-state index in [-0.39, 0.29) is 10.3 Å². The van der Waals surface area contributed by atoms with Gasteiger partial charge in [0, 0.05) is 24.0 Å². The van der Waals surface area contributed by atoms with Gasteiger partial charge in [-0.25, -0.2) is 13.6 Å². The Labute approximate surface area is 171 Å². The van der Waals surface area contributed by atoms with Gasteiger partial charge in [-0.1, -0.05) is 19.1 Å². The smallest absolute Gasteiger partial charge is 0.247 e. The molecule has 7 nitrogen and oxygen atoms in total. The number of thiophene rings is 1. The van der Waals surface area contributed by atoms with E-state index in [1.54, 1.807) is 13.1 Å². The largest absolute Gasteiger partial charge is 0.490 e. The summed E-state index contributed by atoms with van der Waals surface area (Å²) in [7, 11) is -1.98. The van der Waals surface area contributed by atoms with Crippen LogP contribution in [0, 0.1) is 6.92 Å². The van der Waals surface area contributed by atoms with Gasteiger partial charge in [-0.2, -0.15) is 0 Å². The van der Waals surface area contributed by atoms with Crippen LogP contribution in [0.4, 0.5) is 0 Å². The third-order valence-electron chi connectivity index (χ3n) is 4.14. The van der Waals surface area contributed by atoms with Crippen molar-refractivity contribution in [1.29, 1.82) is 0 Å². The Balaban J connectivity index is 1.98. The molecule has 2 rings (SSSR count). The fraction of sp³-hybridized carbons (Fsp3) is 0.421. The summed E-state index contributed by atoms with van der Waals surface area (Å²) in [6.07, 6.45) is 1.08. The number of aliphatic imine (C=N–C) groups is 1. The van der Waals surface area contributed by atoms with E-state index < -0.39 is 10.0 Å². The number of benzene rings is 1. The molecule has 0 saturated carbocycles. The maximum absolute atomic E-state index is 11.4. The Morgan fingerprint density at radius 1 is 1.25 bits per heavy atom. The number of nitrogens with zero attached hydrogens (tertiary/aromatic N) is 1. The normalized spacial score (nSPS) is 13.2. The molecule has 1 unspecified atom stereocenters. The average molecular weight is 425 g/mol. The van der Waals surface area contributed by atoms with Crippen LogP contribution in [0.2, 0.25) is 0 Å². The monoisotopic (exact) mass is 424 g/mol. The number of hydrogen-bond acceptors (Lipinski definition) is 5. The number of nitrogens with one attached hydrogen (secondary N) is 2. The van der Waals surface area contributed by atoms with Gasteiger partial charge >= 0.3 is 0 Å². The van der Waals surface area contributed by atoms with Crippen LogP contribution in [-0.2, 0) is 23.1 Å². The lowest BCUT2D eigenvalue weighted by molar-refractivity contribution is 0.215. The lowest BCUT2D eigenvalue weighted by Gasteiger charge is -2.18. The fourth-order valence-corrected chi connectivity index (χ4v) is 4.11. The zero-order chi connectivity index (χ0) is 20.7. The van der Waals surface area contributed by atoms with E-state index in [2.05, 4.69) is 35.5 Å². The molecular formula is C19H28N4O3S2. The summed E-state index contributed by atoms with van der Waals surface area (Å²) >= 11 is 1.14. The molecule has 0 aliphatic heterocycles. The summed E-state index contributed by atoms with van der Waals surface area (Å²) in [6, 6.07) is 9.39. The number of rotatable bonds is 8. The average Bonchev–Trinajstić information content (AvgIpc) is 3.12. The Morgan fingerprint density at radius 2 is 1.96 bits per heavy atom. The topological polar surface area (TPSA) is 106 Å². The molecule has 1 atom stereocenters. The fourth-order valence-electron chi connectivity index (χ4n) is 2.39. The lowest BCUT2D eigenvalue weighted by Crippen LogP contribution is -2.36. The van der Waals surface area contributed by atoms with Gasteiger partial charge in [0.15, 0.2) is 5.96 Å². The zero-order valence-corrected chi connectivity index (χ0v) is 18.3. The molecular weight excluding hydrogens is 396 g/mol. The van der Waals surface area contributed by atoms with Crippen molar-refractivity contribution in [2.45, 2.75) is 50.6 Å². The summed E-state index contributed by atoms with van der Waals surface area (Å²) in [6.45, 7) is 7.19. The number of nitrogens with two attached hydrogens (primary N) is 1. The summed E-state index contributed by atoms with van der Waals surface area (Å²) in [5.41, 5.74) is 2.19. The second-order valence-electron chi connectivity index (χ2n) is 6.49. The van der Waals surface area contributed by atoms with Crippen LogP contribution in [0.1, 0.15) is 36.3 Å². The molecule has 0 aliphatic carbocycles. The summed E-state index contributed by atoms with van der Waals surface area (Å²) < 4.78 is 28.9. The second-order valence-corrected chi connectivity index (χ2v) is 9.45. The molecule has 1 aromatic heterocycles. The summed E-state index contributed by atoms with van der Waals surface area (Å²) in [5.74, 6) is 1.48. The third-order valence-corrected chi connectivity index (χ3v) is 6.67. The van der Waals surface area contributed by atoms with Crippen LogP contribution in [0.25, 0.3) is 0 Å². The van der Waals surface area contributed by atoms with E-state index in [1.165, 1.54) is 6.07 Å². The van der Waals surface area contributed by atoms with Crippen molar-refractivity contribution < 1.29 is 13.2 Å². The first-order valence-electron chi connectivity index (χ1n) is 9.05. The highest BCUT2D eigenvalue weighted by Gasteiger charge is 2.12. The van der Waals surface area contributed by atoms with Gasteiger partial charge < -0.3 is 15.4 Å². The molecule has 0 radical (unpaired) electrons. The Hall–Kier alpha value is -2.10. The number of aryl methyl sites for hydroxylation is 1. The predicted molar refractivity (Wildman–Crippen MR) is 114 cm³/mol. The second kappa shape index (κ2) is 9.90. The standard InChI is InChI=1S/C19H28N4O3S2/c1-5-14(3)26-17-10-13(2)6-7-15(17)11-22-19(21-4)23-12-16-8-9-18(27-16)28(20,24)25/h6-10,14H,5,11-12H2,1-4H3,(H2,20,24,25)(H2,21,22,23). The third kappa shape index (κ3) is 6.50. The predicted octanol–water partition coefficient (Wildman–Crippen LogP) is 2.75. The Kier molecular flexibility index (Phi) is 7.85. The minimum atomic E-state index is -3.66. The molecule has 0 spiro atoms. The van der Waals surface area contributed by atoms with Crippen molar-refractivity contribution in [3.63, 3.8) is 0 Å². The number of sulfonamides is 1. The highest BCUT2D eigenvalue weighted by atomic mass is 32.2. The number of guanidine groups is 1. The maximum Gasteiger partial charge on any atom is 0.247 e. The van der Waals surface area contributed by atoms with E-state index in [1.807, 2.05) is 19.1 Å². The first kappa shape index (κ1) is 22.2. The molecule has 2 aromatic rings. The molecule has 28 heavy (non-hydrogen) atoms. The van der Waals surface area contributed by atoms with Crippen LogP contribution in [-0.4, -0.2) is 27.5 Å². The molecule has 0 saturated heterocycles. The van der Waals surface area contributed by atoms with Crippen molar-refractivity contribution in [3.05, 3.63) is 46.3 Å². The highest BCUT2D eigenvalue weighted by molar-refractivity contribution is 7.91. The van der Waals surface area contributed by atoms with Crippen LogP contribution >= 0.6 is 11.3 Å². The van der Waals surface area contributed by atoms with E-state index in [9.17, 15) is 8.42 Å². The number of ether oxygens (including phenoxy) is 1. The van der Waals surface area contributed by atoms with Gasteiger partial charge in [-0.3, -0.25) is 4.99 Å². The van der Waals surface area contributed by atoms with Crippen LogP contribution in [0.15, 0.2) is 39.5 Å². The molecule has 4 N–H and O–H groups in total. The molecule has 1 aromatic carbocycles.